The Bertz CT molecular complexity index is 531. The number of unbranched alkanes of at least 4 members (excludes halogenated alkanes) is 1. The topological polar surface area (TPSA) is 98.5 Å². The van der Waals surface area contributed by atoms with Crippen molar-refractivity contribution in [3.05, 3.63) is 24.3 Å². The Kier molecular flexibility index (Phi) is 6.60. The average Bonchev–Trinajstić information content (AvgIpc) is 2.37. The molecular weight excluding hydrogens is 304 g/mol. The van der Waals surface area contributed by atoms with Gasteiger partial charge in [0.25, 0.3) is 5.91 Å². The lowest BCUT2D eigenvalue weighted by molar-refractivity contribution is -0.119. The highest BCUT2D eigenvalue weighted by Crippen LogP contribution is 2.17. The monoisotopic (exact) mass is 320 g/mol. The second-order valence-electron chi connectivity index (χ2n) is 4.10. The van der Waals surface area contributed by atoms with E-state index in [1.54, 1.807) is 24.3 Å². The van der Waals surface area contributed by atoms with Crippen LogP contribution in [-0.2, 0) is 14.8 Å². The van der Waals surface area contributed by atoms with Gasteiger partial charge in [0.15, 0.2) is 6.61 Å². The Morgan fingerprint density at radius 1 is 1.25 bits per heavy atom. The molecule has 0 aromatic heterocycles. The zero-order valence-corrected chi connectivity index (χ0v) is 12.4. The van der Waals surface area contributed by atoms with Crippen molar-refractivity contribution in [3.8, 4) is 5.75 Å². The second-order valence-corrected chi connectivity index (χ2v) is 6.32. The summed E-state index contributed by atoms with van der Waals surface area (Å²) in [6.07, 6.45) is 1.17. The maximum atomic E-state index is 11.7. The summed E-state index contributed by atoms with van der Waals surface area (Å²) in [5, 5.41) is 0. The van der Waals surface area contributed by atoms with E-state index in [0.29, 0.717) is 30.2 Å². The lowest BCUT2D eigenvalue weighted by Crippen LogP contribution is -2.20. The van der Waals surface area contributed by atoms with Gasteiger partial charge in [-0.2, -0.15) is 0 Å². The maximum Gasteiger partial charge on any atom is 0.255 e. The van der Waals surface area contributed by atoms with Crippen molar-refractivity contribution in [3.63, 3.8) is 0 Å². The van der Waals surface area contributed by atoms with Crippen LogP contribution in [0.5, 0.6) is 5.75 Å². The third-order valence-corrected chi connectivity index (χ3v) is 3.95. The van der Waals surface area contributed by atoms with Crippen molar-refractivity contribution < 1.29 is 17.9 Å². The minimum absolute atomic E-state index is 0.0274. The minimum atomic E-state index is -3.37. The standard InChI is InChI=1S/C12H17ClN2O4S/c13-7-1-2-8-20(17,18)15-10-3-5-11(6-4-10)19-9-12(14)16/h3-6,15H,1-2,7-9H2,(H2,14,16). The quantitative estimate of drug-likeness (QED) is 0.529. The summed E-state index contributed by atoms with van der Waals surface area (Å²) in [6, 6.07) is 6.21. The molecule has 0 radical (unpaired) electrons. The Morgan fingerprint density at radius 2 is 1.90 bits per heavy atom. The molecule has 8 heteroatoms. The molecule has 0 heterocycles. The molecule has 0 aliphatic carbocycles. The number of carbonyl (C=O) groups is 1. The fourth-order valence-electron chi connectivity index (χ4n) is 1.39. The number of sulfonamides is 1. The van der Waals surface area contributed by atoms with Gasteiger partial charge in [-0.1, -0.05) is 0 Å². The molecule has 0 aliphatic heterocycles. The second kappa shape index (κ2) is 7.96. The van der Waals surface area contributed by atoms with Crippen LogP contribution in [0, 0.1) is 0 Å². The number of halogens is 1. The number of hydrogen-bond donors (Lipinski definition) is 2. The summed E-state index contributed by atoms with van der Waals surface area (Å²) in [5.74, 6) is 0.337. The van der Waals surface area contributed by atoms with Crippen molar-refractivity contribution in [1.82, 2.24) is 0 Å². The van der Waals surface area contributed by atoms with E-state index < -0.39 is 15.9 Å². The van der Waals surface area contributed by atoms with Gasteiger partial charge in [0.2, 0.25) is 10.0 Å². The predicted molar refractivity (Wildman–Crippen MR) is 78.5 cm³/mol. The maximum absolute atomic E-state index is 11.7. The van der Waals surface area contributed by atoms with E-state index in [4.69, 9.17) is 22.1 Å². The zero-order chi connectivity index (χ0) is 15.0. The van der Waals surface area contributed by atoms with Gasteiger partial charge in [-0.25, -0.2) is 8.42 Å². The SMILES string of the molecule is NC(=O)COc1ccc(NS(=O)(=O)CCCCCl)cc1. The van der Waals surface area contributed by atoms with Crippen LogP contribution in [0.3, 0.4) is 0 Å². The Balaban J connectivity index is 2.54. The van der Waals surface area contributed by atoms with E-state index in [1.165, 1.54) is 0 Å². The van der Waals surface area contributed by atoms with Crippen LogP contribution in [0.15, 0.2) is 24.3 Å². The molecule has 3 N–H and O–H groups in total. The first-order chi connectivity index (χ1) is 9.43. The lowest BCUT2D eigenvalue weighted by Gasteiger charge is -2.09. The van der Waals surface area contributed by atoms with Crippen molar-refractivity contribution in [1.29, 1.82) is 0 Å². The molecule has 1 aromatic carbocycles. The molecule has 1 rings (SSSR count). The van der Waals surface area contributed by atoms with Gasteiger partial charge in [0.05, 0.1) is 5.75 Å². The van der Waals surface area contributed by atoms with Gasteiger partial charge in [-0.05, 0) is 37.1 Å². The molecule has 0 spiro atoms. The Hall–Kier alpha value is -1.47. The van der Waals surface area contributed by atoms with Crippen LogP contribution < -0.4 is 15.2 Å². The van der Waals surface area contributed by atoms with Gasteiger partial charge in [-0.15, -0.1) is 11.6 Å². The van der Waals surface area contributed by atoms with Crippen molar-refractivity contribution in [2.45, 2.75) is 12.8 Å². The molecule has 1 aromatic rings. The summed E-state index contributed by atoms with van der Waals surface area (Å²) in [5.41, 5.74) is 5.38. The van der Waals surface area contributed by atoms with Crippen LogP contribution in [0.4, 0.5) is 5.69 Å². The molecule has 1 amide bonds. The molecule has 0 atom stereocenters. The minimum Gasteiger partial charge on any atom is -0.484 e. The fourth-order valence-corrected chi connectivity index (χ4v) is 2.76. The number of anilines is 1. The van der Waals surface area contributed by atoms with Crippen LogP contribution in [-0.4, -0.2) is 32.6 Å². The first kappa shape index (κ1) is 16.6. The van der Waals surface area contributed by atoms with Crippen LogP contribution in [0.1, 0.15) is 12.8 Å². The molecule has 0 unspecified atom stereocenters. The summed E-state index contributed by atoms with van der Waals surface area (Å²) in [7, 11) is -3.37. The highest BCUT2D eigenvalue weighted by Gasteiger charge is 2.09. The van der Waals surface area contributed by atoms with E-state index in [9.17, 15) is 13.2 Å². The molecule has 0 aliphatic rings. The molecule has 0 saturated heterocycles. The van der Waals surface area contributed by atoms with E-state index in [-0.39, 0.29) is 12.4 Å². The number of hydrogen-bond acceptors (Lipinski definition) is 4. The normalized spacial score (nSPS) is 11.1. The van der Waals surface area contributed by atoms with Crippen molar-refractivity contribution >= 4 is 33.2 Å². The molecule has 20 heavy (non-hydrogen) atoms. The summed E-state index contributed by atoms with van der Waals surface area (Å²) < 4.78 is 31.0. The van der Waals surface area contributed by atoms with E-state index in [1.807, 2.05) is 0 Å². The first-order valence-electron chi connectivity index (χ1n) is 6.00. The Morgan fingerprint density at radius 3 is 2.45 bits per heavy atom. The average molecular weight is 321 g/mol. The molecule has 0 fully saturated rings. The summed E-state index contributed by atoms with van der Waals surface area (Å²) in [6.45, 7) is -0.219. The van der Waals surface area contributed by atoms with E-state index in [0.717, 1.165) is 0 Å². The highest BCUT2D eigenvalue weighted by molar-refractivity contribution is 7.92. The number of nitrogens with one attached hydrogen (secondary N) is 1. The largest absolute Gasteiger partial charge is 0.484 e. The first-order valence-corrected chi connectivity index (χ1v) is 8.19. The van der Waals surface area contributed by atoms with Crippen LogP contribution in [0.2, 0.25) is 0 Å². The van der Waals surface area contributed by atoms with Crippen molar-refractivity contribution in [2.75, 3.05) is 23.0 Å². The smallest absolute Gasteiger partial charge is 0.255 e. The number of rotatable bonds is 9. The molecule has 6 nitrogen and oxygen atoms in total. The summed E-state index contributed by atoms with van der Waals surface area (Å²) >= 11 is 5.50. The lowest BCUT2D eigenvalue weighted by atomic mass is 10.3. The van der Waals surface area contributed by atoms with Gasteiger partial charge >= 0.3 is 0 Å². The van der Waals surface area contributed by atoms with Gasteiger partial charge < -0.3 is 10.5 Å². The number of amides is 1. The number of carbonyl (C=O) groups excluding carboxylic acids is 1. The highest BCUT2D eigenvalue weighted by atomic mass is 35.5. The molecule has 112 valence electrons. The zero-order valence-electron chi connectivity index (χ0n) is 10.8. The number of alkyl halides is 1. The van der Waals surface area contributed by atoms with Gasteiger partial charge in [-0.3, -0.25) is 9.52 Å². The predicted octanol–water partition coefficient (Wildman–Crippen LogP) is 1.31. The fraction of sp³-hybridized carbons (Fsp3) is 0.417. The molecular formula is C12H17ClN2O4S. The Labute approximate surface area is 123 Å². The van der Waals surface area contributed by atoms with Gasteiger partial charge in [0, 0.05) is 11.6 Å². The number of primary amides is 1. The third-order valence-electron chi connectivity index (χ3n) is 2.31. The number of benzene rings is 1. The molecule has 0 saturated carbocycles. The van der Waals surface area contributed by atoms with Gasteiger partial charge in [0.1, 0.15) is 5.75 Å². The van der Waals surface area contributed by atoms with Crippen LogP contribution in [0.25, 0.3) is 0 Å². The number of nitrogens with two attached hydrogens (primary N) is 1. The third kappa shape index (κ3) is 6.63. The van der Waals surface area contributed by atoms with E-state index >= 15 is 0 Å². The van der Waals surface area contributed by atoms with Crippen LogP contribution >= 0.6 is 11.6 Å². The molecule has 0 bridgehead atoms. The van der Waals surface area contributed by atoms with E-state index in [2.05, 4.69) is 4.72 Å². The van der Waals surface area contributed by atoms with Crippen molar-refractivity contribution in [2.24, 2.45) is 5.73 Å². The summed E-state index contributed by atoms with van der Waals surface area (Å²) in [4.78, 5) is 10.5. The number of ether oxygens (including phenoxy) is 1.